The number of rotatable bonds is 8. The number of benzene rings is 1. The van der Waals surface area contributed by atoms with Crippen LogP contribution in [0.4, 0.5) is 18.9 Å². The Bertz CT molecular complexity index is 407. The van der Waals surface area contributed by atoms with Crippen LogP contribution < -0.4 is 10.5 Å². The van der Waals surface area contributed by atoms with E-state index in [4.69, 9.17) is 26.8 Å². The van der Waals surface area contributed by atoms with Gasteiger partial charge in [0.1, 0.15) is 18.2 Å². The molecule has 0 atom stereocenters. The lowest BCUT2D eigenvalue weighted by Gasteiger charge is -2.10. The molecule has 0 amide bonds. The van der Waals surface area contributed by atoms with Gasteiger partial charge < -0.3 is 19.9 Å². The zero-order valence-electron chi connectivity index (χ0n) is 9.87. The monoisotopic (exact) mass is 299 g/mol. The first-order valence-corrected chi connectivity index (χ1v) is 5.73. The molecule has 0 saturated heterocycles. The van der Waals surface area contributed by atoms with Crippen LogP contribution in [0.1, 0.15) is 0 Å². The van der Waals surface area contributed by atoms with Gasteiger partial charge in [-0.25, -0.2) is 4.39 Å². The minimum atomic E-state index is -2.80. The van der Waals surface area contributed by atoms with E-state index in [-0.39, 0.29) is 42.9 Å². The molecule has 1 aromatic rings. The van der Waals surface area contributed by atoms with E-state index in [0.29, 0.717) is 0 Å². The lowest BCUT2D eigenvalue weighted by molar-refractivity contribution is -0.139. The van der Waals surface area contributed by atoms with Crippen molar-refractivity contribution in [2.75, 3.05) is 32.2 Å². The van der Waals surface area contributed by atoms with E-state index in [1.165, 1.54) is 6.07 Å². The van der Waals surface area contributed by atoms with Crippen LogP contribution in [0.25, 0.3) is 0 Å². The van der Waals surface area contributed by atoms with Gasteiger partial charge in [0.25, 0.3) is 0 Å². The maximum absolute atomic E-state index is 13.0. The standard InChI is InChI=1S/C11H13ClF3NO3/c12-7-5-8(13)9(16)6-10(7)18-3-1-17-2-4-19-11(14)15/h5-6,11H,1-4,16H2. The fourth-order valence-corrected chi connectivity index (χ4v) is 1.37. The molecule has 1 aromatic carbocycles. The van der Waals surface area contributed by atoms with Crippen LogP contribution in [0, 0.1) is 5.82 Å². The van der Waals surface area contributed by atoms with Crippen LogP contribution in [-0.4, -0.2) is 33.0 Å². The lowest BCUT2D eigenvalue weighted by Crippen LogP contribution is -2.12. The second kappa shape index (κ2) is 8.08. The first kappa shape index (κ1) is 15.9. The molecule has 0 unspecified atom stereocenters. The molecule has 108 valence electrons. The smallest absolute Gasteiger partial charge is 0.345 e. The highest BCUT2D eigenvalue weighted by Crippen LogP contribution is 2.28. The largest absolute Gasteiger partial charge is 0.490 e. The minimum Gasteiger partial charge on any atom is -0.490 e. The maximum atomic E-state index is 13.0. The number of hydrogen-bond acceptors (Lipinski definition) is 4. The Morgan fingerprint density at radius 3 is 2.53 bits per heavy atom. The van der Waals surface area contributed by atoms with Crippen molar-refractivity contribution in [2.45, 2.75) is 6.61 Å². The predicted molar refractivity (Wildman–Crippen MR) is 64.1 cm³/mol. The van der Waals surface area contributed by atoms with Crippen molar-refractivity contribution < 1.29 is 27.4 Å². The van der Waals surface area contributed by atoms with E-state index in [1.54, 1.807) is 0 Å². The molecule has 0 heterocycles. The normalized spacial score (nSPS) is 11.0. The first-order valence-electron chi connectivity index (χ1n) is 5.35. The SMILES string of the molecule is Nc1cc(OCCOCCOC(F)F)c(Cl)cc1F. The Morgan fingerprint density at radius 1 is 1.16 bits per heavy atom. The van der Waals surface area contributed by atoms with Gasteiger partial charge in [0.15, 0.2) is 0 Å². The first-order chi connectivity index (χ1) is 9.00. The second-order valence-corrected chi connectivity index (χ2v) is 3.80. The van der Waals surface area contributed by atoms with Gasteiger partial charge in [-0.15, -0.1) is 0 Å². The Balaban J connectivity index is 2.21. The topological polar surface area (TPSA) is 53.7 Å². The van der Waals surface area contributed by atoms with E-state index in [9.17, 15) is 13.2 Å². The van der Waals surface area contributed by atoms with Crippen molar-refractivity contribution in [3.05, 3.63) is 23.0 Å². The molecule has 0 bridgehead atoms. The van der Waals surface area contributed by atoms with Crippen LogP contribution >= 0.6 is 11.6 Å². The molecule has 8 heteroatoms. The molecule has 1 rings (SSSR count). The van der Waals surface area contributed by atoms with Gasteiger partial charge in [-0.3, -0.25) is 0 Å². The Hall–Kier alpha value is -1.18. The van der Waals surface area contributed by atoms with Crippen LogP contribution in [0.5, 0.6) is 5.75 Å². The lowest BCUT2D eigenvalue weighted by atomic mass is 10.3. The number of ether oxygens (including phenoxy) is 3. The molecule has 0 spiro atoms. The average Bonchev–Trinajstić information content (AvgIpc) is 2.33. The second-order valence-electron chi connectivity index (χ2n) is 3.40. The summed E-state index contributed by atoms with van der Waals surface area (Å²) in [5, 5.41) is 0.0905. The molecule has 0 aliphatic heterocycles. The highest BCUT2D eigenvalue weighted by Gasteiger charge is 2.07. The van der Waals surface area contributed by atoms with E-state index < -0.39 is 12.4 Å². The number of nitrogen functional groups attached to an aromatic ring is 1. The molecule has 0 fully saturated rings. The van der Waals surface area contributed by atoms with Crippen LogP contribution in [-0.2, 0) is 9.47 Å². The molecule has 2 N–H and O–H groups in total. The van der Waals surface area contributed by atoms with Gasteiger partial charge in [0.05, 0.1) is 30.5 Å². The van der Waals surface area contributed by atoms with Gasteiger partial charge in [-0.05, 0) is 6.07 Å². The summed E-state index contributed by atoms with van der Waals surface area (Å²) in [6, 6.07) is 2.31. The zero-order valence-corrected chi connectivity index (χ0v) is 10.6. The number of hydrogen-bond donors (Lipinski definition) is 1. The third kappa shape index (κ3) is 6.00. The Kier molecular flexibility index (Phi) is 6.75. The summed E-state index contributed by atoms with van der Waals surface area (Å²) < 4.78 is 50.3. The highest BCUT2D eigenvalue weighted by atomic mass is 35.5. The summed E-state index contributed by atoms with van der Waals surface area (Å²) in [7, 11) is 0. The van der Waals surface area contributed by atoms with Crippen molar-refractivity contribution in [2.24, 2.45) is 0 Å². The quantitative estimate of drug-likeness (QED) is 0.592. The Labute approximate surface area is 113 Å². The van der Waals surface area contributed by atoms with Crippen LogP contribution in [0.2, 0.25) is 5.02 Å². The van der Waals surface area contributed by atoms with Crippen molar-refractivity contribution in [3.8, 4) is 5.75 Å². The summed E-state index contributed by atoms with van der Waals surface area (Å²) in [6.07, 6.45) is 0. The van der Waals surface area contributed by atoms with Crippen molar-refractivity contribution in [1.82, 2.24) is 0 Å². The molecule has 0 aliphatic rings. The fourth-order valence-electron chi connectivity index (χ4n) is 1.16. The van der Waals surface area contributed by atoms with Crippen molar-refractivity contribution in [1.29, 1.82) is 0 Å². The maximum Gasteiger partial charge on any atom is 0.345 e. The molecular weight excluding hydrogens is 287 g/mol. The summed E-state index contributed by atoms with van der Waals surface area (Å²) in [5.74, 6) is -0.397. The fraction of sp³-hybridized carbons (Fsp3) is 0.455. The number of anilines is 1. The van der Waals surface area contributed by atoms with E-state index >= 15 is 0 Å². The summed E-state index contributed by atoms with van der Waals surface area (Å²) in [4.78, 5) is 0. The molecule has 0 saturated carbocycles. The third-order valence-corrected chi connectivity index (χ3v) is 2.30. The van der Waals surface area contributed by atoms with Crippen molar-refractivity contribution in [3.63, 3.8) is 0 Å². The molecule has 0 aliphatic carbocycles. The van der Waals surface area contributed by atoms with Gasteiger partial charge in [0, 0.05) is 6.07 Å². The van der Waals surface area contributed by atoms with Gasteiger partial charge in [-0.2, -0.15) is 8.78 Å². The average molecular weight is 300 g/mol. The van der Waals surface area contributed by atoms with E-state index in [0.717, 1.165) is 6.07 Å². The van der Waals surface area contributed by atoms with E-state index in [2.05, 4.69) is 4.74 Å². The Morgan fingerprint density at radius 2 is 1.84 bits per heavy atom. The summed E-state index contributed by atoms with van der Waals surface area (Å²) in [5.41, 5.74) is 5.28. The van der Waals surface area contributed by atoms with Gasteiger partial charge in [0.2, 0.25) is 0 Å². The number of alkyl halides is 2. The van der Waals surface area contributed by atoms with Gasteiger partial charge >= 0.3 is 6.61 Å². The zero-order chi connectivity index (χ0) is 14.3. The highest BCUT2D eigenvalue weighted by molar-refractivity contribution is 6.32. The molecule has 4 nitrogen and oxygen atoms in total. The van der Waals surface area contributed by atoms with Gasteiger partial charge in [-0.1, -0.05) is 11.6 Å². The molecule has 0 aromatic heterocycles. The minimum absolute atomic E-state index is 0.0208. The van der Waals surface area contributed by atoms with Crippen molar-refractivity contribution >= 4 is 17.3 Å². The molecule has 0 radical (unpaired) electrons. The van der Waals surface area contributed by atoms with E-state index in [1.807, 2.05) is 0 Å². The molecular formula is C11H13ClF3NO3. The number of nitrogens with two attached hydrogens (primary N) is 1. The molecule has 19 heavy (non-hydrogen) atoms. The third-order valence-electron chi connectivity index (χ3n) is 2.01. The summed E-state index contributed by atoms with van der Waals surface area (Å²) >= 11 is 5.73. The van der Waals surface area contributed by atoms with Crippen LogP contribution in [0.3, 0.4) is 0 Å². The summed E-state index contributed by atoms with van der Waals surface area (Å²) in [6.45, 7) is -2.71. The van der Waals surface area contributed by atoms with Crippen LogP contribution in [0.15, 0.2) is 12.1 Å². The number of halogens is 4. The predicted octanol–water partition coefficient (Wildman–Crippen LogP) is 2.70.